The fourth-order valence-corrected chi connectivity index (χ4v) is 4.57. The normalized spacial score (nSPS) is 15.0. The summed E-state index contributed by atoms with van der Waals surface area (Å²) < 4.78 is 7.81. The van der Waals surface area contributed by atoms with Gasteiger partial charge in [-0.2, -0.15) is 9.61 Å². The maximum atomic E-state index is 5.94. The van der Waals surface area contributed by atoms with E-state index in [1.54, 1.807) is 0 Å². The first-order chi connectivity index (χ1) is 15.2. The number of nitrogens with zero attached hydrogens (tertiary/aromatic N) is 6. The molecule has 1 aliphatic rings. The summed E-state index contributed by atoms with van der Waals surface area (Å²) in [7, 11) is 0. The van der Waals surface area contributed by atoms with Crippen LogP contribution < -0.4 is 9.64 Å². The van der Waals surface area contributed by atoms with Crippen molar-refractivity contribution < 1.29 is 4.74 Å². The van der Waals surface area contributed by atoms with Crippen molar-refractivity contribution in [3.05, 3.63) is 70.5 Å². The second-order valence-corrected chi connectivity index (χ2v) is 8.98. The van der Waals surface area contributed by atoms with Gasteiger partial charge in [0, 0.05) is 31.9 Å². The van der Waals surface area contributed by atoms with Gasteiger partial charge in [0.1, 0.15) is 12.4 Å². The molecular weight excluding hydrogens is 408 g/mol. The molecule has 0 spiro atoms. The Bertz CT molecular complexity index is 1160. The second-order valence-electron chi connectivity index (χ2n) is 7.94. The Morgan fingerprint density at radius 1 is 0.935 bits per heavy atom. The van der Waals surface area contributed by atoms with Crippen molar-refractivity contribution in [2.75, 3.05) is 31.1 Å². The molecule has 160 valence electrons. The molecule has 5 rings (SSSR count). The highest BCUT2D eigenvalue weighted by Gasteiger charge is 2.20. The van der Waals surface area contributed by atoms with Gasteiger partial charge in [0.05, 0.1) is 6.54 Å². The summed E-state index contributed by atoms with van der Waals surface area (Å²) in [5.41, 5.74) is 3.78. The lowest BCUT2D eigenvalue weighted by molar-refractivity contribution is 0.242. The average molecular weight is 435 g/mol. The van der Waals surface area contributed by atoms with Crippen molar-refractivity contribution in [1.82, 2.24) is 24.7 Å². The molecule has 4 aromatic rings. The van der Waals surface area contributed by atoms with E-state index in [-0.39, 0.29) is 0 Å². The Hall–Kier alpha value is -2.97. The van der Waals surface area contributed by atoms with Crippen LogP contribution in [0.15, 0.2) is 48.5 Å². The van der Waals surface area contributed by atoms with Gasteiger partial charge in [-0.15, -0.1) is 10.2 Å². The zero-order chi connectivity index (χ0) is 21.2. The molecule has 2 aromatic carbocycles. The fourth-order valence-electron chi connectivity index (χ4n) is 3.81. The largest absolute Gasteiger partial charge is 0.486 e. The Balaban J connectivity index is 1.20. The van der Waals surface area contributed by atoms with E-state index in [0.717, 1.165) is 54.3 Å². The summed E-state index contributed by atoms with van der Waals surface area (Å²) in [5, 5.41) is 14.3. The van der Waals surface area contributed by atoms with E-state index in [2.05, 4.69) is 76.3 Å². The van der Waals surface area contributed by atoms with Crippen LogP contribution in [0, 0.1) is 13.8 Å². The second kappa shape index (κ2) is 8.64. The number of hydrogen-bond donors (Lipinski definition) is 0. The predicted octanol–water partition coefficient (Wildman–Crippen LogP) is 3.70. The van der Waals surface area contributed by atoms with Crippen LogP contribution >= 0.6 is 11.3 Å². The molecule has 0 bridgehead atoms. The molecule has 2 aromatic heterocycles. The van der Waals surface area contributed by atoms with Gasteiger partial charge < -0.3 is 9.64 Å². The first kappa shape index (κ1) is 20.0. The summed E-state index contributed by atoms with van der Waals surface area (Å²) >= 11 is 1.53. The molecule has 0 saturated carbocycles. The maximum Gasteiger partial charge on any atom is 0.234 e. The van der Waals surface area contributed by atoms with Gasteiger partial charge in [-0.25, -0.2) is 0 Å². The van der Waals surface area contributed by atoms with Gasteiger partial charge in [-0.1, -0.05) is 35.6 Å². The van der Waals surface area contributed by atoms with Crippen LogP contribution in [0.1, 0.15) is 22.0 Å². The van der Waals surface area contributed by atoms with Crippen LogP contribution in [0.2, 0.25) is 0 Å². The molecule has 0 unspecified atom stereocenters. The number of anilines is 1. The Morgan fingerprint density at radius 3 is 2.52 bits per heavy atom. The lowest BCUT2D eigenvalue weighted by Crippen LogP contribution is -2.46. The number of hydrogen-bond acceptors (Lipinski definition) is 7. The minimum absolute atomic E-state index is 0.436. The van der Waals surface area contributed by atoms with Crippen LogP contribution in [0.3, 0.4) is 0 Å². The lowest BCUT2D eigenvalue weighted by atomic mass is 10.1. The molecule has 1 aliphatic heterocycles. The van der Waals surface area contributed by atoms with Gasteiger partial charge in [0.25, 0.3) is 0 Å². The Kier molecular flexibility index (Phi) is 5.57. The smallest absolute Gasteiger partial charge is 0.234 e. The molecule has 3 heterocycles. The van der Waals surface area contributed by atoms with Crippen molar-refractivity contribution in [2.24, 2.45) is 0 Å². The highest BCUT2D eigenvalue weighted by molar-refractivity contribution is 7.16. The van der Waals surface area contributed by atoms with E-state index in [4.69, 9.17) is 9.84 Å². The summed E-state index contributed by atoms with van der Waals surface area (Å²) in [4.78, 5) is 5.66. The van der Waals surface area contributed by atoms with Crippen molar-refractivity contribution in [1.29, 1.82) is 0 Å². The highest BCUT2D eigenvalue weighted by Crippen LogP contribution is 2.21. The van der Waals surface area contributed by atoms with Crippen molar-refractivity contribution in [2.45, 2.75) is 27.0 Å². The highest BCUT2D eigenvalue weighted by atomic mass is 32.1. The third kappa shape index (κ3) is 4.40. The summed E-state index contributed by atoms with van der Waals surface area (Å²) in [6.07, 6.45) is 0. The van der Waals surface area contributed by atoms with Gasteiger partial charge in [-0.05, 0) is 49.2 Å². The number of piperazine rings is 1. The van der Waals surface area contributed by atoms with E-state index in [1.807, 2.05) is 10.6 Å². The van der Waals surface area contributed by atoms with Crippen LogP contribution in [0.4, 0.5) is 5.69 Å². The SMILES string of the molecule is Cc1ccc(OCc2nn3c(CN4CCN(c5ccccc5)CC4)nnc3s2)cc1C. The minimum atomic E-state index is 0.436. The quantitative estimate of drug-likeness (QED) is 0.461. The molecule has 7 nitrogen and oxygen atoms in total. The molecular formula is C23H26N6OS. The summed E-state index contributed by atoms with van der Waals surface area (Å²) in [6, 6.07) is 16.8. The van der Waals surface area contributed by atoms with Crippen LogP contribution in [0.5, 0.6) is 5.75 Å². The fraction of sp³-hybridized carbons (Fsp3) is 0.348. The molecule has 8 heteroatoms. The first-order valence-electron chi connectivity index (χ1n) is 10.6. The van der Waals surface area contributed by atoms with Crippen LogP contribution in [0.25, 0.3) is 4.96 Å². The van der Waals surface area contributed by atoms with Crippen molar-refractivity contribution in [3.8, 4) is 5.75 Å². The number of benzene rings is 2. The topological polar surface area (TPSA) is 58.8 Å². The minimum Gasteiger partial charge on any atom is -0.486 e. The number of fused-ring (bicyclic) bond motifs is 1. The van der Waals surface area contributed by atoms with E-state index in [9.17, 15) is 0 Å². The Morgan fingerprint density at radius 2 is 1.74 bits per heavy atom. The molecule has 1 fully saturated rings. The van der Waals surface area contributed by atoms with Crippen LogP contribution in [-0.2, 0) is 13.2 Å². The summed E-state index contributed by atoms with van der Waals surface area (Å²) in [5.74, 6) is 1.75. The number of aryl methyl sites for hydroxylation is 2. The standard InChI is InChI=1S/C23H26N6OS/c1-17-8-9-20(14-18(17)2)30-16-22-26-29-21(24-25-23(29)31-22)15-27-10-12-28(13-11-27)19-6-4-3-5-7-19/h3-9,14H,10-13,15-16H2,1-2H3. The molecule has 0 radical (unpaired) electrons. The van der Waals surface area contributed by atoms with E-state index < -0.39 is 0 Å². The Labute approximate surface area is 185 Å². The summed E-state index contributed by atoms with van der Waals surface area (Å²) in [6.45, 7) is 9.41. The molecule has 0 amide bonds. The zero-order valence-electron chi connectivity index (χ0n) is 17.9. The number of para-hydroxylation sites is 1. The number of aromatic nitrogens is 4. The van der Waals surface area contributed by atoms with Gasteiger partial charge >= 0.3 is 0 Å². The third-order valence-electron chi connectivity index (χ3n) is 5.80. The molecule has 0 N–H and O–H groups in total. The van der Waals surface area contributed by atoms with Gasteiger partial charge in [0.2, 0.25) is 4.96 Å². The van der Waals surface area contributed by atoms with Gasteiger partial charge in [-0.3, -0.25) is 4.90 Å². The van der Waals surface area contributed by atoms with Gasteiger partial charge in [0.15, 0.2) is 10.8 Å². The molecule has 31 heavy (non-hydrogen) atoms. The monoisotopic (exact) mass is 434 g/mol. The number of ether oxygens (including phenoxy) is 1. The number of rotatable bonds is 6. The van der Waals surface area contributed by atoms with Crippen molar-refractivity contribution in [3.63, 3.8) is 0 Å². The van der Waals surface area contributed by atoms with Crippen LogP contribution in [-0.4, -0.2) is 50.9 Å². The van der Waals surface area contributed by atoms with E-state index >= 15 is 0 Å². The van der Waals surface area contributed by atoms with E-state index in [1.165, 1.54) is 28.2 Å². The zero-order valence-corrected chi connectivity index (χ0v) is 18.7. The molecule has 1 saturated heterocycles. The molecule has 0 aliphatic carbocycles. The van der Waals surface area contributed by atoms with E-state index in [0.29, 0.717) is 6.61 Å². The lowest BCUT2D eigenvalue weighted by Gasteiger charge is -2.35. The van der Waals surface area contributed by atoms with Crippen molar-refractivity contribution >= 4 is 22.0 Å². The predicted molar refractivity (Wildman–Crippen MR) is 123 cm³/mol. The average Bonchev–Trinajstić information content (AvgIpc) is 3.37. The maximum absolute atomic E-state index is 5.94. The third-order valence-corrected chi connectivity index (χ3v) is 6.67. The first-order valence-corrected chi connectivity index (χ1v) is 11.4. The molecule has 0 atom stereocenters.